The van der Waals surface area contributed by atoms with Crippen molar-refractivity contribution in [3.63, 3.8) is 0 Å². The lowest BCUT2D eigenvalue weighted by Gasteiger charge is -2.31. The first kappa shape index (κ1) is 21.6. The number of nitrogens with one attached hydrogen (secondary N) is 3. The summed E-state index contributed by atoms with van der Waals surface area (Å²) < 4.78 is 27.5. The van der Waals surface area contributed by atoms with Crippen molar-refractivity contribution in [1.82, 2.24) is 20.3 Å². The van der Waals surface area contributed by atoms with E-state index in [4.69, 9.17) is 0 Å². The molecule has 0 spiro atoms. The number of likely N-dealkylation sites (tertiary alicyclic amines) is 1. The Bertz CT molecular complexity index is 859. The zero-order chi connectivity index (χ0) is 21.0. The molecule has 2 fully saturated rings. The summed E-state index contributed by atoms with van der Waals surface area (Å²) in [6, 6.07) is 5.59. The number of rotatable bonds is 7. The van der Waals surface area contributed by atoms with Gasteiger partial charge in [-0.05, 0) is 56.7 Å². The molecule has 1 aliphatic carbocycles. The van der Waals surface area contributed by atoms with Gasteiger partial charge in [-0.1, -0.05) is 12.1 Å². The molecule has 0 radical (unpaired) electrons. The van der Waals surface area contributed by atoms with Crippen LogP contribution in [0.1, 0.15) is 36.8 Å². The van der Waals surface area contributed by atoms with Gasteiger partial charge in [0, 0.05) is 38.1 Å². The lowest BCUT2D eigenvalue weighted by Crippen LogP contribution is -2.47. The van der Waals surface area contributed by atoms with Gasteiger partial charge in [0.2, 0.25) is 15.9 Å². The van der Waals surface area contributed by atoms with E-state index in [0.29, 0.717) is 37.5 Å². The quantitative estimate of drug-likeness (QED) is 0.575. The number of carbonyl (C=O) groups excluding carboxylic acids is 2. The number of benzene rings is 1. The van der Waals surface area contributed by atoms with Crippen molar-refractivity contribution in [1.29, 1.82) is 0 Å². The molecule has 3 amide bonds. The van der Waals surface area contributed by atoms with Gasteiger partial charge < -0.3 is 15.5 Å². The van der Waals surface area contributed by atoms with Crippen molar-refractivity contribution in [2.75, 3.05) is 26.2 Å². The molecule has 1 aromatic carbocycles. The molecule has 1 heterocycles. The monoisotopic (exact) mass is 422 g/mol. The molecular weight excluding hydrogens is 392 g/mol. The van der Waals surface area contributed by atoms with E-state index in [1.807, 2.05) is 13.0 Å². The van der Waals surface area contributed by atoms with E-state index < -0.39 is 10.0 Å². The van der Waals surface area contributed by atoms with Crippen molar-refractivity contribution in [2.24, 2.45) is 5.92 Å². The number of nitrogens with zero attached hydrogens (tertiary/aromatic N) is 1. The minimum atomic E-state index is -3.61. The molecule has 0 bridgehead atoms. The molecule has 160 valence electrons. The first-order valence-electron chi connectivity index (χ1n) is 10.2. The van der Waals surface area contributed by atoms with Gasteiger partial charge in [-0.25, -0.2) is 17.9 Å². The summed E-state index contributed by atoms with van der Waals surface area (Å²) in [6.07, 6.45) is 3.35. The molecule has 0 unspecified atom stereocenters. The SMILES string of the molecule is Cc1ccc(C)c(S(=O)(=O)NCCNC(=O)C2CCN(C(=O)NC3CC3)CC2)c1. The van der Waals surface area contributed by atoms with Crippen molar-refractivity contribution < 1.29 is 18.0 Å². The molecular formula is C20H30N4O4S. The number of aryl methyl sites for hydroxylation is 2. The van der Waals surface area contributed by atoms with Crippen LogP contribution in [-0.4, -0.2) is 57.5 Å². The van der Waals surface area contributed by atoms with E-state index in [2.05, 4.69) is 15.4 Å². The van der Waals surface area contributed by atoms with Crippen LogP contribution in [0.3, 0.4) is 0 Å². The Kier molecular flexibility index (Phi) is 6.79. The van der Waals surface area contributed by atoms with Gasteiger partial charge >= 0.3 is 6.03 Å². The Morgan fingerprint density at radius 1 is 1.07 bits per heavy atom. The summed E-state index contributed by atoms with van der Waals surface area (Å²) >= 11 is 0. The fraction of sp³-hybridized carbons (Fsp3) is 0.600. The zero-order valence-electron chi connectivity index (χ0n) is 17.0. The van der Waals surface area contributed by atoms with Crippen molar-refractivity contribution >= 4 is 22.0 Å². The van der Waals surface area contributed by atoms with Crippen LogP contribution >= 0.6 is 0 Å². The van der Waals surface area contributed by atoms with Gasteiger partial charge in [0.1, 0.15) is 0 Å². The lowest BCUT2D eigenvalue weighted by molar-refractivity contribution is -0.126. The largest absolute Gasteiger partial charge is 0.355 e. The second-order valence-electron chi connectivity index (χ2n) is 7.94. The molecule has 9 heteroatoms. The predicted octanol–water partition coefficient (Wildman–Crippen LogP) is 1.28. The Morgan fingerprint density at radius 2 is 1.76 bits per heavy atom. The maximum atomic E-state index is 12.5. The predicted molar refractivity (Wildman–Crippen MR) is 110 cm³/mol. The van der Waals surface area contributed by atoms with E-state index in [0.717, 1.165) is 18.4 Å². The number of hydrogen-bond donors (Lipinski definition) is 3. The van der Waals surface area contributed by atoms with E-state index >= 15 is 0 Å². The number of urea groups is 1. The zero-order valence-corrected chi connectivity index (χ0v) is 17.8. The maximum absolute atomic E-state index is 12.5. The summed E-state index contributed by atoms with van der Waals surface area (Å²) in [5.74, 6) is -0.228. The highest BCUT2D eigenvalue weighted by Crippen LogP contribution is 2.21. The number of carbonyl (C=O) groups is 2. The van der Waals surface area contributed by atoms with Crippen LogP contribution < -0.4 is 15.4 Å². The normalized spacial score (nSPS) is 17.8. The Hall–Kier alpha value is -2.13. The molecule has 0 atom stereocenters. The minimum Gasteiger partial charge on any atom is -0.355 e. The number of hydrogen-bond acceptors (Lipinski definition) is 4. The van der Waals surface area contributed by atoms with E-state index in [-0.39, 0.29) is 35.8 Å². The summed E-state index contributed by atoms with van der Waals surface area (Å²) in [5.41, 5.74) is 1.56. The Balaban J connectivity index is 1.39. The first-order chi connectivity index (χ1) is 13.8. The number of sulfonamides is 1. The molecule has 8 nitrogen and oxygen atoms in total. The van der Waals surface area contributed by atoms with Gasteiger partial charge in [-0.2, -0.15) is 0 Å². The molecule has 1 aliphatic heterocycles. The Labute approximate surface area is 172 Å². The second-order valence-corrected chi connectivity index (χ2v) is 9.68. The van der Waals surface area contributed by atoms with Gasteiger partial charge in [-0.3, -0.25) is 4.79 Å². The van der Waals surface area contributed by atoms with Gasteiger partial charge in [0.05, 0.1) is 4.90 Å². The fourth-order valence-electron chi connectivity index (χ4n) is 3.43. The maximum Gasteiger partial charge on any atom is 0.317 e. The van der Waals surface area contributed by atoms with Crippen molar-refractivity contribution in [3.05, 3.63) is 29.3 Å². The highest BCUT2D eigenvalue weighted by atomic mass is 32.2. The van der Waals surface area contributed by atoms with Gasteiger partial charge in [0.15, 0.2) is 0 Å². The smallest absolute Gasteiger partial charge is 0.317 e. The van der Waals surface area contributed by atoms with E-state index in [1.165, 1.54) is 0 Å². The van der Waals surface area contributed by atoms with Gasteiger partial charge in [0.25, 0.3) is 0 Å². The van der Waals surface area contributed by atoms with E-state index in [1.54, 1.807) is 24.0 Å². The Morgan fingerprint density at radius 3 is 2.41 bits per heavy atom. The molecule has 1 saturated heterocycles. The molecule has 0 aromatic heterocycles. The lowest BCUT2D eigenvalue weighted by atomic mass is 9.96. The molecule has 1 aromatic rings. The van der Waals surface area contributed by atoms with Crippen molar-refractivity contribution in [2.45, 2.75) is 50.5 Å². The van der Waals surface area contributed by atoms with Crippen LogP contribution in [-0.2, 0) is 14.8 Å². The highest BCUT2D eigenvalue weighted by molar-refractivity contribution is 7.89. The van der Waals surface area contributed by atoms with Crippen LogP contribution in [0.25, 0.3) is 0 Å². The van der Waals surface area contributed by atoms with E-state index in [9.17, 15) is 18.0 Å². The first-order valence-corrected chi connectivity index (χ1v) is 11.6. The van der Waals surface area contributed by atoms with Crippen LogP contribution in [0, 0.1) is 19.8 Å². The average molecular weight is 423 g/mol. The standard InChI is InChI=1S/C20H30N4O4S/c1-14-3-4-15(2)18(13-14)29(27,28)22-10-9-21-19(25)16-7-11-24(12-8-16)20(26)23-17-5-6-17/h3-4,13,16-17,22H,5-12H2,1-2H3,(H,21,25)(H,23,26). The third-order valence-electron chi connectivity index (χ3n) is 5.41. The highest BCUT2D eigenvalue weighted by Gasteiger charge is 2.30. The van der Waals surface area contributed by atoms with Crippen molar-refractivity contribution in [3.8, 4) is 0 Å². The topological polar surface area (TPSA) is 108 Å². The summed E-state index contributed by atoms with van der Waals surface area (Å²) in [4.78, 5) is 26.4. The molecule has 3 rings (SSSR count). The number of amides is 3. The molecule has 1 saturated carbocycles. The number of piperidine rings is 1. The third-order valence-corrected chi connectivity index (χ3v) is 7.01. The third kappa shape index (κ3) is 5.93. The van der Waals surface area contributed by atoms with Crippen LogP contribution in [0.2, 0.25) is 0 Å². The van der Waals surface area contributed by atoms with Crippen LogP contribution in [0.4, 0.5) is 4.79 Å². The summed E-state index contributed by atoms with van der Waals surface area (Å²) in [6.45, 7) is 5.09. The fourth-order valence-corrected chi connectivity index (χ4v) is 4.79. The molecule has 2 aliphatic rings. The average Bonchev–Trinajstić information content (AvgIpc) is 3.51. The second kappa shape index (κ2) is 9.13. The summed E-state index contributed by atoms with van der Waals surface area (Å²) in [7, 11) is -3.61. The minimum absolute atomic E-state index is 0.0350. The molecule has 29 heavy (non-hydrogen) atoms. The van der Waals surface area contributed by atoms with Gasteiger partial charge in [-0.15, -0.1) is 0 Å². The summed E-state index contributed by atoms with van der Waals surface area (Å²) in [5, 5.41) is 5.77. The van der Waals surface area contributed by atoms with Crippen LogP contribution in [0.15, 0.2) is 23.1 Å². The molecule has 3 N–H and O–H groups in total. The van der Waals surface area contributed by atoms with Crippen LogP contribution in [0.5, 0.6) is 0 Å².